The van der Waals surface area contributed by atoms with Gasteiger partial charge < -0.3 is 10.1 Å². The summed E-state index contributed by atoms with van der Waals surface area (Å²) >= 11 is 6.05. The molecule has 1 aromatic carbocycles. The summed E-state index contributed by atoms with van der Waals surface area (Å²) in [6, 6.07) is 7.14. The van der Waals surface area contributed by atoms with Crippen LogP contribution in [0.5, 0.6) is 5.75 Å². The first-order valence-electron chi connectivity index (χ1n) is 7.24. The van der Waals surface area contributed by atoms with Crippen LogP contribution >= 0.6 is 11.6 Å². The Kier molecular flexibility index (Phi) is 4.14. The largest absolute Gasteiger partial charge is 0.489 e. The zero-order valence-electron chi connectivity index (χ0n) is 13.5. The molecule has 0 aliphatic heterocycles. The topological polar surface area (TPSA) is 62.1 Å². The molecule has 1 aliphatic carbocycles. The van der Waals surface area contributed by atoms with E-state index in [2.05, 4.69) is 33.0 Å². The van der Waals surface area contributed by atoms with Crippen molar-refractivity contribution in [1.29, 1.82) is 5.26 Å². The molecule has 0 heterocycles. The van der Waals surface area contributed by atoms with Crippen molar-refractivity contribution in [3.8, 4) is 11.8 Å². The number of nitrogens with zero attached hydrogens (tertiary/aromatic N) is 1. The van der Waals surface area contributed by atoms with Crippen LogP contribution in [0, 0.1) is 22.2 Å². The number of carbonyl (C=O) groups is 1. The second-order valence-electron chi connectivity index (χ2n) is 7.03. The molecule has 0 bridgehead atoms. The third-order valence-electron chi connectivity index (χ3n) is 4.50. The van der Waals surface area contributed by atoms with E-state index in [-0.39, 0.29) is 28.9 Å². The van der Waals surface area contributed by atoms with Gasteiger partial charge in [0, 0.05) is 29.9 Å². The SMILES string of the molecule is CC(=O)NC1C(C)(C)C(Oc2ccc(C#N)c(Cl)c2)C1(C)C. The summed E-state index contributed by atoms with van der Waals surface area (Å²) in [4.78, 5) is 11.4. The fraction of sp³-hybridized carbons (Fsp3) is 0.529. The molecule has 118 valence electrons. The summed E-state index contributed by atoms with van der Waals surface area (Å²) in [7, 11) is 0. The minimum absolute atomic E-state index is 0.0361. The molecule has 0 saturated heterocycles. The van der Waals surface area contributed by atoms with Gasteiger partial charge in [0.15, 0.2) is 0 Å². The Bertz CT molecular complexity index is 631. The number of hydrogen-bond donors (Lipinski definition) is 1. The van der Waals surface area contributed by atoms with Crippen molar-refractivity contribution in [3.63, 3.8) is 0 Å². The number of rotatable bonds is 3. The summed E-state index contributed by atoms with van der Waals surface area (Å²) in [5.74, 6) is 0.599. The van der Waals surface area contributed by atoms with Gasteiger partial charge in [-0.15, -0.1) is 0 Å². The quantitative estimate of drug-likeness (QED) is 0.926. The highest BCUT2D eigenvalue weighted by molar-refractivity contribution is 6.31. The zero-order chi connectivity index (χ0) is 16.7. The molecule has 1 fully saturated rings. The number of halogens is 1. The summed E-state index contributed by atoms with van der Waals surface area (Å²) in [5.41, 5.74) is 0.0303. The second-order valence-corrected chi connectivity index (χ2v) is 7.43. The normalized spacial score (nSPS) is 24.8. The molecular formula is C17H21ClN2O2. The lowest BCUT2D eigenvalue weighted by Crippen LogP contribution is -2.74. The Balaban J connectivity index is 2.22. The third kappa shape index (κ3) is 2.66. The Hall–Kier alpha value is -1.73. The van der Waals surface area contributed by atoms with Gasteiger partial charge in [-0.3, -0.25) is 4.79 Å². The van der Waals surface area contributed by atoms with Gasteiger partial charge in [0.2, 0.25) is 5.91 Å². The maximum atomic E-state index is 11.4. The van der Waals surface area contributed by atoms with Crippen LogP contribution in [-0.4, -0.2) is 18.1 Å². The van der Waals surface area contributed by atoms with Crippen LogP contribution in [-0.2, 0) is 4.79 Å². The monoisotopic (exact) mass is 320 g/mol. The third-order valence-corrected chi connectivity index (χ3v) is 4.81. The molecule has 4 nitrogen and oxygen atoms in total. The molecule has 1 amide bonds. The number of ether oxygens (including phenoxy) is 1. The Morgan fingerprint density at radius 2 is 1.91 bits per heavy atom. The lowest BCUT2D eigenvalue weighted by molar-refractivity contribution is -0.172. The molecule has 0 aromatic heterocycles. The lowest BCUT2D eigenvalue weighted by atomic mass is 9.49. The predicted molar refractivity (Wildman–Crippen MR) is 85.7 cm³/mol. The van der Waals surface area contributed by atoms with Gasteiger partial charge in [-0.1, -0.05) is 39.3 Å². The fourth-order valence-electron chi connectivity index (χ4n) is 3.80. The van der Waals surface area contributed by atoms with E-state index < -0.39 is 0 Å². The number of amides is 1. The van der Waals surface area contributed by atoms with E-state index in [1.807, 2.05) is 6.07 Å². The van der Waals surface area contributed by atoms with Crippen molar-refractivity contribution in [2.45, 2.75) is 46.8 Å². The van der Waals surface area contributed by atoms with Gasteiger partial charge in [-0.25, -0.2) is 0 Å². The van der Waals surface area contributed by atoms with Gasteiger partial charge in [0.05, 0.1) is 10.6 Å². The Labute approximate surface area is 136 Å². The van der Waals surface area contributed by atoms with Crippen molar-refractivity contribution in [1.82, 2.24) is 5.32 Å². The second kappa shape index (κ2) is 5.48. The Morgan fingerprint density at radius 1 is 1.32 bits per heavy atom. The molecule has 22 heavy (non-hydrogen) atoms. The van der Waals surface area contributed by atoms with Crippen LogP contribution in [0.25, 0.3) is 0 Å². The highest BCUT2D eigenvalue weighted by atomic mass is 35.5. The number of hydrogen-bond acceptors (Lipinski definition) is 3. The van der Waals surface area contributed by atoms with Crippen LogP contribution in [0.15, 0.2) is 18.2 Å². The van der Waals surface area contributed by atoms with E-state index in [9.17, 15) is 4.79 Å². The van der Waals surface area contributed by atoms with E-state index in [1.165, 1.54) is 6.92 Å². The highest BCUT2D eigenvalue weighted by Crippen LogP contribution is 2.55. The van der Waals surface area contributed by atoms with Crippen LogP contribution in [0.2, 0.25) is 5.02 Å². The molecule has 2 rings (SSSR count). The molecule has 0 spiro atoms. The summed E-state index contributed by atoms with van der Waals surface area (Å²) in [5, 5.41) is 12.3. The van der Waals surface area contributed by atoms with Gasteiger partial charge in [0.25, 0.3) is 0 Å². The molecule has 5 heteroatoms. The molecule has 1 aromatic rings. The fourth-order valence-corrected chi connectivity index (χ4v) is 4.01. The number of benzene rings is 1. The first-order chi connectivity index (χ1) is 10.1. The summed E-state index contributed by atoms with van der Waals surface area (Å²) in [6.07, 6.45) is -0.0687. The van der Waals surface area contributed by atoms with Gasteiger partial charge in [-0.2, -0.15) is 5.26 Å². The van der Waals surface area contributed by atoms with Crippen molar-refractivity contribution in [2.75, 3.05) is 0 Å². The molecule has 0 unspecified atom stereocenters. The smallest absolute Gasteiger partial charge is 0.217 e. The van der Waals surface area contributed by atoms with E-state index in [4.69, 9.17) is 21.6 Å². The van der Waals surface area contributed by atoms with Gasteiger partial charge in [0.1, 0.15) is 17.9 Å². The van der Waals surface area contributed by atoms with E-state index >= 15 is 0 Å². The van der Waals surface area contributed by atoms with Gasteiger partial charge >= 0.3 is 0 Å². The first kappa shape index (κ1) is 16.6. The zero-order valence-corrected chi connectivity index (χ0v) is 14.3. The average molecular weight is 321 g/mol. The minimum atomic E-state index is -0.199. The Morgan fingerprint density at radius 3 is 2.36 bits per heavy atom. The number of carbonyl (C=O) groups excluding carboxylic acids is 1. The maximum absolute atomic E-state index is 11.4. The number of nitrogens with one attached hydrogen (secondary N) is 1. The molecule has 1 aliphatic rings. The molecule has 1 saturated carbocycles. The lowest BCUT2D eigenvalue weighted by Gasteiger charge is -2.63. The van der Waals surface area contributed by atoms with Crippen LogP contribution in [0.3, 0.4) is 0 Å². The van der Waals surface area contributed by atoms with E-state index in [0.717, 1.165) is 0 Å². The van der Waals surface area contributed by atoms with E-state index in [1.54, 1.807) is 18.2 Å². The minimum Gasteiger partial charge on any atom is -0.489 e. The average Bonchev–Trinajstić information content (AvgIpc) is 2.41. The van der Waals surface area contributed by atoms with Crippen LogP contribution in [0.1, 0.15) is 40.2 Å². The van der Waals surface area contributed by atoms with Crippen LogP contribution in [0.4, 0.5) is 0 Å². The highest BCUT2D eigenvalue weighted by Gasteiger charge is 2.63. The van der Waals surface area contributed by atoms with Crippen molar-refractivity contribution in [3.05, 3.63) is 28.8 Å². The molecular weight excluding hydrogens is 300 g/mol. The van der Waals surface area contributed by atoms with Crippen molar-refractivity contribution < 1.29 is 9.53 Å². The van der Waals surface area contributed by atoms with Crippen molar-refractivity contribution in [2.24, 2.45) is 10.8 Å². The standard InChI is InChI=1S/C17H21ClN2O2/c1-10(21)20-14-16(2,3)15(17(14,4)5)22-12-7-6-11(9-19)13(18)8-12/h6-8,14-15H,1-5H3,(H,20,21). The first-order valence-corrected chi connectivity index (χ1v) is 7.62. The van der Waals surface area contributed by atoms with Crippen molar-refractivity contribution >= 4 is 17.5 Å². The van der Waals surface area contributed by atoms with Gasteiger partial charge in [-0.05, 0) is 12.1 Å². The summed E-state index contributed by atoms with van der Waals surface area (Å²) in [6.45, 7) is 9.84. The predicted octanol–water partition coefficient (Wildman–Crippen LogP) is 3.53. The molecule has 0 radical (unpaired) electrons. The van der Waals surface area contributed by atoms with E-state index in [0.29, 0.717) is 16.3 Å². The summed E-state index contributed by atoms with van der Waals surface area (Å²) < 4.78 is 6.13. The molecule has 1 N–H and O–H groups in total. The number of nitriles is 1. The molecule has 0 atom stereocenters. The maximum Gasteiger partial charge on any atom is 0.217 e. The van der Waals surface area contributed by atoms with Crippen LogP contribution < -0.4 is 10.1 Å².